The van der Waals surface area contributed by atoms with Crippen LogP contribution in [0.1, 0.15) is 65.3 Å². The van der Waals surface area contributed by atoms with Crippen molar-refractivity contribution in [2.45, 2.75) is 51.4 Å². The Hall–Kier alpha value is -6.44. The van der Waals surface area contributed by atoms with E-state index in [-0.39, 0.29) is 10.8 Å². The Morgan fingerprint density at radius 3 is 1.95 bits per heavy atom. The summed E-state index contributed by atoms with van der Waals surface area (Å²) < 4.78 is 0. The first kappa shape index (κ1) is 38.8. The van der Waals surface area contributed by atoms with Crippen LogP contribution in [-0.2, 0) is 23.7 Å². The van der Waals surface area contributed by atoms with Gasteiger partial charge in [-0.2, -0.15) is 0 Å². The van der Waals surface area contributed by atoms with Crippen molar-refractivity contribution in [2.75, 3.05) is 0 Å². The van der Waals surface area contributed by atoms with E-state index in [0.717, 1.165) is 18.4 Å². The van der Waals surface area contributed by atoms with Crippen LogP contribution in [0.25, 0.3) is 11.1 Å². The van der Waals surface area contributed by atoms with Gasteiger partial charge in [0.25, 0.3) is 0 Å². The fourth-order valence-electron chi connectivity index (χ4n) is 8.82. The van der Waals surface area contributed by atoms with E-state index in [2.05, 4.69) is 204 Å². The third-order valence-electron chi connectivity index (χ3n) is 11.6. The lowest BCUT2D eigenvalue weighted by Crippen LogP contribution is -2.32. The molecule has 57 heavy (non-hydrogen) atoms. The van der Waals surface area contributed by atoms with E-state index >= 15 is 0 Å². The van der Waals surface area contributed by atoms with Gasteiger partial charge in [-0.1, -0.05) is 221 Å². The lowest BCUT2D eigenvalue weighted by molar-refractivity contribution is 0.615. The fourth-order valence-corrected chi connectivity index (χ4v) is 8.82. The van der Waals surface area contributed by atoms with E-state index in [0.29, 0.717) is 0 Å². The number of hydrogen-bond donors (Lipinski definition) is 1. The first-order valence-electron chi connectivity index (χ1n) is 20.2. The van der Waals surface area contributed by atoms with Crippen LogP contribution in [0.15, 0.2) is 229 Å². The summed E-state index contributed by atoms with van der Waals surface area (Å²) in [4.78, 5) is 0. The predicted octanol–water partition coefficient (Wildman–Crippen LogP) is 13.5. The molecule has 0 amide bonds. The van der Waals surface area contributed by atoms with E-state index in [4.69, 9.17) is 5.73 Å². The van der Waals surface area contributed by atoms with E-state index < -0.39 is 0 Å². The molecule has 0 spiro atoms. The first-order valence-corrected chi connectivity index (χ1v) is 20.2. The van der Waals surface area contributed by atoms with Gasteiger partial charge in [0.05, 0.1) is 5.41 Å². The van der Waals surface area contributed by atoms with Gasteiger partial charge in [-0.05, 0) is 104 Å². The average molecular weight is 740 g/mol. The van der Waals surface area contributed by atoms with E-state index in [1.165, 1.54) is 73.0 Å². The van der Waals surface area contributed by atoms with Crippen molar-refractivity contribution < 1.29 is 0 Å². The van der Waals surface area contributed by atoms with Gasteiger partial charge in [0.1, 0.15) is 0 Å². The highest BCUT2D eigenvalue weighted by Crippen LogP contribution is 2.55. The molecule has 1 atom stereocenters. The number of benzene rings is 4. The molecule has 7 rings (SSSR count). The van der Waals surface area contributed by atoms with Crippen molar-refractivity contribution in [1.29, 1.82) is 0 Å². The topological polar surface area (TPSA) is 26.0 Å². The second kappa shape index (κ2) is 17.6. The SMILES string of the molecule is CCc1ccccc1C1(Cc2ccccc2C)C2=C(/C=C\C=C/C(/C=C3\C(=C/C=C/C=C\C=C/C=C/N)c4ccccc4C3(C)C)=C\C=C\C=C\2)c2ccccc21. The molecule has 0 radical (unpaired) electrons. The smallest absolute Gasteiger partial charge is 0.0506 e. The van der Waals surface area contributed by atoms with Crippen LogP contribution in [-0.4, -0.2) is 0 Å². The van der Waals surface area contributed by atoms with E-state index in [1.54, 1.807) is 0 Å². The molecule has 1 heteroatoms. The van der Waals surface area contributed by atoms with Crippen molar-refractivity contribution in [3.63, 3.8) is 0 Å². The van der Waals surface area contributed by atoms with Crippen molar-refractivity contribution in [2.24, 2.45) is 5.73 Å². The number of allylic oxidation sites excluding steroid dienone is 23. The Morgan fingerprint density at radius 2 is 1.19 bits per heavy atom. The molecule has 1 unspecified atom stereocenters. The van der Waals surface area contributed by atoms with Crippen LogP contribution in [0.5, 0.6) is 0 Å². The monoisotopic (exact) mass is 739 g/mol. The van der Waals surface area contributed by atoms with Gasteiger partial charge in [-0.3, -0.25) is 0 Å². The maximum Gasteiger partial charge on any atom is 0.0506 e. The Morgan fingerprint density at radius 1 is 0.579 bits per heavy atom. The van der Waals surface area contributed by atoms with Gasteiger partial charge in [-0.15, -0.1) is 0 Å². The highest BCUT2D eigenvalue weighted by molar-refractivity contribution is 5.92. The van der Waals surface area contributed by atoms with Crippen LogP contribution in [0.3, 0.4) is 0 Å². The van der Waals surface area contributed by atoms with Gasteiger partial charge in [0.2, 0.25) is 0 Å². The Kier molecular flexibility index (Phi) is 12.0. The molecular weight excluding hydrogens is 687 g/mol. The maximum absolute atomic E-state index is 5.44. The summed E-state index contributed by atoms with van der Waals surface area (Å²) in [5, 5.41) is 0. The van der Waals surface area contributed by atoms with Crippen molar-refractivity contribution in [3.05, 3.63) is 274 Å². The zero-order valence-electron chi connectivity index (χ0n) is 33.7. The summed E-state index contributed by atoms with van der Waals surface area (Å²) in [5.41, 5.74) is 22.0. The number of nitrogens with two attached hydrogens (primary N) is 1. The zero-order chi connectivity index (χ0) is 39.7. The predicted molar refractivity (Wildman–Crippen MR) is 246 cm³/mol. The zero-order valence-corrected chi connectivity index (χ0v) is 33.7. The van der Waals surface area contributed by atoms with Crippen LogP contribution in [0.4, 0.5) is 0 Å². The summed E-state index contributed by atoms with van der Waals surface area (Å²) in [6.07, 6.45) is 42.2. The van der Waals surface area contributed by atoms with Gasteiger partial charge in [0.15, 0.2) is 0 Å². The molecule has 0 aliphatic heterocycles. The molecule has 282 valence electrons. The number of hydrogen-bond acceptors (Lipinski definition) is 1. The molecule has 2 N–H and O–H groups in total. The Labute approximate surface area is 340 Å². The minimum absolute atomic E-state index is 0.163. The molecule has 0 saturated carbocycles. The highest BCUT2D eigenvalue weighted by atomic mass is 14.5. The average Bonchev–Trinajstić information content (AvgIpc) is 3.61. The normalized spacial score (nSPS) is 23.4. The standard InChI is InChI=1S/C56H53N/c1-5-44-29-18-22-35-50(44)56(41-45-30-17-15-26-42(45)2)52-37-14-11-12-27-43(28-16-19-33-47(52)48-34-21-24-38-53(48)56)40-54-49(31-13-9-7-6-8-10-25-39-57)46-32-20-23-36-51(46)55(54,3)4/h6-40H,5,41,57H2,1-4H3/b7-6-,10-8-,12-11+,13-9+,14-11?,19-16?,27-12?,28-16-,33-19-,37-14+,39-25+,43-27+,43-28?,47-33?,49-31-,52-37?,54-40+. The molecule has 1 nitrogen and oxygen atoms in total. The Bertz CT molecular complexity index is 2510. The van der Waals surface area contributed by atoms with Crippen LogP contribution in [0.2, 0.25) is 0 Å². The molecular formula is C56H53N. The lowest BCUT2D eigenvalue weighted by atomic mass is 9.65. The molecule has 3 aliphatic carbocycles. The maximum atomic E-state index is 5.44. The number of aryl methyl sites for hydroxylation is 2. The van der Waals surface area contributed by atoms with Gasteiger partial charge in [0, 0.05) is 5.41 Å². The Balaban J connectivity index is 1.31. The molecule has 3 aliphatic rings. The molecule has 0 saturated heterocycles. The van der Waals surface area contributed by atoms with Crippen LogP contribution >= 0.6 is 0 Å². The first-order chi connectivity index (χ1) is 27.9. The molecule has 0 fully saturated rings. The summed E-state index contributed by atoms with van der Waals surface area (Å²) in [7, 11) is 0. The number of fused-ring (bicyclic) bond motifs is 3. The second-order valence-corrected chi connectivity index (χ2v) is 15.4. The lowest BCUT2D eigenvalue weighted by Gasteiger charge is -2.36. The van der Waals surface area contributed by atoms with Crippen LogP contribution in [0, 0.1) is 6.92 Å². The van der Waals surface area contributed by atoms with Gasteiger partial charge >= 0.3 is 0 Å². The van der Waals surface area contributed by atoms with Crippen molar-refractivity contribution >= 4 is 11.1 Å². The highest BCUT2D eigenvalue weighted by Gasteiger charge is 2.46. The largest absolute Gasteiger partial charge is 0.405 e. The number of rotatable bonds is 9. The van der Waals surface area contributed by atoms with Gasteiger partial charge < -0.3 is 5.73 Å². The molecule has 4 aromatic carbocycles. The van der Waals surface area contributed by atoms with Crippen molar-refractivity contribution in [3.8, 4) is 0 Å². The summed E-state index contributed by atoms with van der Waals surface area (Å²) >= 11 is 0. The van der Waals surface area contributed by atoms with Crippen LogP contribution < -0.4 is 5.73 Å². The summed E-state index contributed by atoms with van der Waals surface area (Å²) in [5.74, 6) is 0. The fraction of sp³-hybridized carbons (Fsp3) is 0.143. The minimum Gasteiger partial charge on any atom is -0.405 e. The van der Waals surface area contributed by atoms with E-state index in [1.807, 2.05) is 30.4 Å². The van der Waals surface area contributed by atoms with Crippen molar-refractivity contribution in [1.82, 2.24) is 0 Å². The quantitative estimate of drug-likeness (QED) is 0.170. The molecule has 4 aromatic rings. The molecule has 0 aromatic heterocycles. The minimum atomic E-state index is -0.354. The third kappa shape index (κ3) is 7.84. The third-order valence-corrected chi connectivity index (χ3v) is 11.6. The van der Waals surface area contributed by atoms with Gasteiger partial charge in [-0.25, -0.2) is 0 Å². The second-order valence-electron chi connectivity index (χ2n) is 15.4. The van der Waals surface area contributed by atoms with E-state index in [9.17, 15) is 0 Å². The molecule has 0 heterocycles. The molecule has 0 bridgehead atoms. The summed E-state index contributed by atoms with van der Waals surface area (Å²) in [6, 6.07) is 35.8. The summed E-state index contributed by atoms with van der Waals surface area (Å²) in [6.45, 7) is 9.19.